The lowest BCUT2D eigenvalue weighted by Crippen LogP contribution is -2.40. The number of fused-ring (bicyclic) bond motifs is 1. The minimum Gasteiger partial charge on any atom is -0.494 e. The van der Waals surface area contributed by atoms with E-state index < -0.39 is 0 Å². The van der Waals surface area contributed by atoms with Crippen molar-refractivity contribution in [2.24, 2.45) is 5.92 Å². The Hall–Kier alpha value is -2.67. The highest BCUT2D eigenvalue weighted by molar-refractivity contribution is 7.21. The summed E-state index contributed by atoms with van der Waals surface area (Å²) in [5.74, 6) is 1.00. The zero-order chi connectivity index (χ0) is 19.3. The molecular formula is C21H24N4O2S. The summed E-state index contributed by atoms with van der Waals surface area (Å²) in [5, 5.41) is 4.08. The van der Waals surface area contributed by atoms with E-state index in [1.807, 2.05) is 43.3 Å². The number of nitrogens with zero attached hydrogens (tertiary/aromatic N) is 3. The van der Waals surface area contributed by atoms with E-state index in [1.54, 1.807) is 17.5 Å². The van der Waals surface area contributed by atoms with Crippen LogP contribution in [0.2, 0.25) is 0 Å². The third-order valence-electron chi connectivity index (χ3n) is 5.02. The van der Waals surface area contributed by atoms with Crippen molar-refractivity contribution < 1.29 is 9.53 Å². The van der Waals surface area contributed by atoms with Crippen LogP contribution in [0.5, 0.6) is 5.75 Å². The maximum absolute atomic E-state index is 12.6. The molecule has 0 atom stereocenters. The lowest BCUT2D eigenvalue weighted by molar-refractivity contribution is -0.125. The number of amides is 1. The molecule has 1 fully saturated rings. The lowest BCUT2D eigenvalue weighted by Gasteiger charge is -2.31. The Balaban J connectivity index is 1.31. The van der Waals surface area contributed by atoms with Crippen molar-refractivity contribution in [2.75, 3.05) is 24.6 Å². The third kappa shape index (κ3) is 4.09. The molecule has 3 aromatic rings. The Kier molecular flexibility index (Phi) is 5.71. The van der Waals surface area contributed by atoms with Crippen LogP contribution in [0, 0.1) is 5.92 Å². The zero-order valence-electron chi connectivity index (χ0n) is 15.9. The summed E-state index contributed by atoms with van der Waals surface area (Å²) in [6, 6.07) is 11.7. The summed E-state index contributed by atoms with van der Waals surface area (Å²) in [4.78, 5) is 24.9. The molecule has 28 heavy (non-hydrogen) atoms. The Morgan fingerprint density at radius 3 is 2.86 bits per heavy atom. The van der Waals surface area contributed by atoms with E-state index in [0.29, 0.717) is 13.2 Å². The number of pyridine rings is 1. The van der Waals surface area contributed by atoms with Crippen molar-refractivity contribution >= 4 is 32.7 Å². The standard InChI is InChI=1S/C21H24N4O2S/c1-2-27-18-8-4-3-6-16(18)14-23-19(26)15-9-12-25(13-10-15)21-24-17-7-5-11-22-20(17)28-21/h3-8,11,15H,2,9-10,12-14H2,1H3,(H,23,26). The van der Waals surface area contributed by atoms with Gasteiger partial charge in [-0.1, -0.05) is 29.5 Å². The van der Waals surface area contributed by atoms with Crippen LogP contribution in [0.25, 0.3) is 10.3 Å². The maximum atomic E-state index is 12.6. The first-order chi connectivity index (χ1) is 13.7. The molecule has 0 spiro atoms. The number of aromatic nitrogens is 2. The molecule has 0 bridgehead atoms. The monoisotopic (exact) mass is 396 g/mol. The summed E-state index contributed by atoms with van der Waals surface area (Å²) >= 11 is 1.62. The molecule has 0 saturated carbocycles. The van der Waals surface area contributed by atoms with Crippen molar-refractivity contribution in [2.45, 2.75) is 26.3 Å². The second-order valence-corrected chi connectivity index (χ2v) is 7.80. The summed E-state index contributed by atoms with van der Waals surface area (Å²) in [6.07, 6.45) is 3.47. The predicted octanol–water partition coefficient (Wildman–Crippen LogP) is 3.62. The van der Waals surface area contributed by atoms with Gasteiger partial charge in [-0.05, 0) is 38.0 Å². The topological polar surface area (TPSA) is 67.3 Å². The number of ether oxygens (including phenoxy) is 1. The average Bonchev–Trinajstić information content (AvgIpc) is 3.17. The first-order valence-electron chi connectivity index (χ1n) is 9.69. The Morgan fingerprint density at radius 2 is 2.07 bits per heavy atom. The summed E-state index contributed by atoms with van der Waals surface area (Å²) in [7, 11) is 0. The van der Waals surface area contributed by atoms with Crippen molar-refractivity contribution in [3.63, 3.8) is 0 Å². The van der Waals surface area contributed by atoms with Crippen molar-refractivity contribution in [3.8, 4) is 5.75 Å². The van der Waals surface area contributed by atoms with Crippen molar-refractivity contribution in [3.05, 3.63) is 48.2 Å². The zero-order valence-corrected chi connectivity index (χ0v) is 16.7. The van der Waals surface area contributed by atoms with E-state index in [9.17, 15) is 4.79 Å². The maximum Gasteiger partial charge on any atom is 0.223 e. The molecule has 1 aliphatic rings. The van der Waals surface area contributed by atoms with E-state index in [1.165, 1.54) is 0 Å². The minimum absolute atomic E-state index is 0.0445. The van der Waals surface area contributed by atoms with Crippen LogP contribution in [0.4, 0.5) is 5.13 Å². The summed E-state index contributed by atoms with van der Waals surface area (Å²) < 4.78 is 5.63. The highest BCUT2D eigenvalue weighted by Crippen LogP contribution is 2.30. The molecule has 1 aliphatic heterocycles. The van der Waals surface area contributed by atoms with Crippen LogP contribution in [-0.2, 0) is 11.3 Å². The molecule has 7 heteroatoms. The van der Waals surface area contributed by atoms with E-state index in [-0.39, 0.29) is 11.8 Å². The van der Waals surface area contributed by atoms with Gasteiger partial charge in [0, 0.05) is 37.3 Å². The third-order valence-corrected chi connectivity index (χ3v) is 6.06. The van der Waals surface area contributed by atoms with Crippen molar-refractivity contribution in [1.82, 2.24) is 15.3 Å². The van der Waals surface area contributed by atoms with Crippen LogP contribution in [0.15, 0.2) is 42.6 Å². The van der Waals surface area contributed by atoms with Gasteiger partial charge in [0.1, 0.15) is 16.1 Å². The van der Waals surface area contributed by atoms with E-state index >= 15 is 0 Å². The van der Waals surface area contributed by atoms with Gasteiger partial charge in [0.05, 0.1) is 6.61 Å². The van der Waals surface area contributed by atoms with Gasteiger partial charge in [0.25, 0.3) is 0 Å². The fourth-order valence-corrected chi connectivity index (χ4v) is 4.46. The summed E-state index contributed by atoms with van der Waals surface area (Å²) in [6.45, 7) is 4.76. The molecule has 2 aromatic heterocycles. The number of thiazole rings is 1. The molecule has 0 aliphatic carbocycles. The van der Waals surface area contributed by atoms with Crippen LogP contribution < -0.4 is 15.0 Å². The number of nitrogens with one attached hydrogen (secondary N) is 1. The normalized spacial score (nSPS) is 15.0. The molecule has 6 nitrogen and oxygen atoms in total. The molecule has 4 rings (SSSR count). The SMILES string of the molecule is CCOc1ccccc1CNC(=O)C1CCN(c2nc3cccnc3s2)CC1. The highest BCUT2D eigenvalue weighted by atomic mass is 32.1. The van der Waals surface area contributed by atoms with Gasteiger partial charge in [-0.2, -0.15) is 0 Å². The fraction of sp³-hybridized carbons (Fsp3) is 0.381. The average molecular weight is 397 g/mol. The van der Waals surface area contributed by atoms with Gasteiger partial charge in [0.15, 0.2) is 5.13 Å². The number of rotatable bonds is 6. The quantitative estimate of drug-likeness (QED) is 0.689. The Labute approximate surface area is 168 Å². The number of para-hydroxylation sites is 1. The smallest absolute Gasteiger partial charge is 0.223 e. The van der Waals surface area contributed by atoms with Gasteiger partial charge in [-0.15, -0.1) is 0 Å². The van der Waals surface area contributed by atoms with Crippen LogP contribution in [0.1, 0.15) is 25.3 Å². The first-order valence-corrected chi connectivity index (χ1v) is 10.5. The van der Waals surface area contributed by atoms with E-state index in [4.69, 9.17) is 4.74 Å². The van der Waals surface area contributed by atoms with Gasteiger partial charge in [0.2, 0.25) is 5.91 Å². The molecule has 3 heterocycles. The number of hydrogen-bond acceptors (Lipinski definition) is 6. The van der Waals surface area contributed by atoms with Crippen LogP contribution in [-0.4, -0.2) is 35.6 Å². The molecule has 1 saturated heterocycles. The summed E-state index contributed by atoms with van der Waals surface area (Å²) in [5.41, 5.74) is 1.95. The number of hydrogen-bond donors (Lipinski definition) is 1. The second kappa shape index (κ2) is 8.56. The number of piperidine rings is 1. The molecule has 0 unspecified atom stereocenters. The molecule has 1 N–H and O–H groups in total. The molecule has 0 radical (unpaired) electrons. The van der Waals surface area contributed by atoms with Gasteiger partial charge in [-0.3, -0.25) is 4.79 Å². The lowest BCUT2D eigenvalue weighted by atomic mass is 9.96. The molecular weight excluding hydrogens is 372 g/mol. The van der Waals surface area contributed by atoms with Gasteiger partial charge in [-0.25, -0.2) is 9.97 Å². The molecule has 1 aromatic carbocycles. The van der Waals surface area contributed by atoms with E-state index in [0.717, 1.165) is 52.7 Å². The fourth-order valence-electron chi connectivity index (χ4n) is 3.50. The van der Waals surface area contributed by atoms with Gasteiger partial charge < -0.3 is 15.0 Å². The Bertz CT molecular complexity index is 917. The minimum atomic E-state index is 0.0445. The predicted molar refractivity (Wildman–Crippen MR) is 112 cm³/mol. The second-order valence-electron chi connectivity index (χ2n) is 6.84. The van der Waals surface area contributed by atoms with Crippen molar-refractivity contribution in [1.29, 1.82) is 0 Å². The number of carbonyl (C=O) groups excluding carboxylic acids is 1. The van der Waals surface area contributed by atoms with E-state index in [2.05, 4.69) is 20.2 Å². The van der Waals surface area contributed by atoms with Crippen LogP contribution in [0.3, 0.4) is 0 Å². The van der Waals surface area contributed by atoms with Crippen LogP contribution >= 0.6 is 11.3 Å². The molecule has 1 amide bonds. The molecule has 146 valence electrons. The number of anilines is 1. The Morgan fingerprint density at radius 1 is 1.25 bits per heavy atom. The highest BCUT2D eigenvalue weighted by Gasteiger charge is 2.26. The first kappa shape index (κ1) is 18.7. The largest absolute Gasteiger partial charge is 0.494 e. The number of benzene rings is 1. The number of carbonyl (C=O) groups is 1. The van der Waals surface area contributed by atoms with Gasteiger partial charge >= 0.3 is 0 Å².